The second-order valence-electron chi connectivity index (χ2n) is 4.11. The van der Waals surface area contributed by atoms with E-state index in [1.807, 2.05) is 23.9 Å². The lowest BCUT2D eigenvalue weighted by atomic mass is 9.87. The van der Waals surface area contributed by atoms with Gasteiger partial charge in [0.25, 0.3) is 0 Å². The molecule has 0 atom stereocenters. The Morgan fingerprint density at radius 3 is 2.69 bits per heavy atom. The molecule has 0 fully saturated rings. The van der Waals surface area contributed by atoms with Crippen molar-refractivity contribution in [2.24, 2.45) is 10.4 Å². The Morgan fingerprint density at radius 1 is 1.38 bits per heavy atom. The predicted octanol–water partition coefficient (Wildman–Crippen LogP) is 1.98. The van der Waals surface area contributed by atoms with Crippen molar-refractivity contribution in [2.75, 3.05) is 7.05 Å². The van der Waals surface area contributed by atoms with Gasteiger partial charge in [0, 0.05) is 6.20 Å². The van der Waals surface area contributed by atoms with Gasteiger partial charge >= 0.3 is 0 Å². The zero-order valence-corrected chi connectivity index (χ0v) is 8.63. The monoisotopic (exact) mass is 175 g/mol. The minimum atomic E-state index is 0.107. The van der Waals surface area contributed by atoms with E-state index in [4.69, 9.17) is 0 Å². The topological polar surface area (TPSA) is 15.4 Å². The smallest absolute Gasteiger partial charge is 0.208 e. The zero-order valence-electron chi connectivity index (χ0n) is 8.63. The van der Waals surface area contributed by atoms with Gasteiger partial charge in [0.1, 0.15) is 7.05 Å². The lowest BCUT2D eigenvalue weighted by Crippen LogP contribution is -2.08. The third-order valence-corrected chi connectivity index (χ3v) is 1.82. The van der Waals surface area contributed by atoms with Crippen LogP contribution in [0.3, 0.4) is 0 Å². The summed E-state index contributed by atoms with van der Waals surface area (Å²) in [6.07, 6.45) is 5.53. The zero-order chi connectivity index (χ0) is 9.90. The average Bonchev–Trinajstić information content (AvgIpc) is 1.94. The quantitative estimate of drug-likeness (QED) is 0.500. The molecule has 0 radical (unpaired) electrons. The van der Waals surface area contributed by atoms with Crippen LogP contribution in [0.4, 0.5) is 0 Å². The molecular formula is C11H15N2+. The van der Waals surface area contributed by atoms with Crippen molar-refractivity contribution in [1.82, 2.24) is 0 Å². The van der Waals surface area contributed by atoms with Crippen molar-refractivity contribution in [3.8, 4) is 0 Å². The maximum Gasteiger partial charge on any atom is 0.240 e. The van der Waals surface area contributed by atoms with Crippen molar-refractivity contribution in [3.05, 3.63) is 24.0 Å². The van der Waals surface area contributed by atoms with E-state index in [0.717, 1.165) is 5.57 Å². The summed E-state index contributed by atoms with van der Waals surface area (Å²) in [6, 6.07) is 0. The molecule has 0 saturated heterocycles. The van der Waals surface area contributed by atoms with Gasteiger partial charge in [-0.2, -0.15) is 4.58 Å². The van der Waals surface area contributed by atoms with Gasteiger partial charge in [-0.3, -0.25) is 0 Å². The van der Waals surface area contributed by atoms with E-state index >= 15 is 0 Å². The first-order chi connectivity index (χ1) is 6.00. The summed E-state index contributed by atoms with van der Waals surface area (Å²) in [5.41, 5.74) is 1.26. The third kappa shape index (κ3) is 2.87. The van der Waals surface area contributed by atoms with Crippen LogP contribution in [-0.2, 0) is 0 Å². The summed E-state index contributed by atoms with van der Waals surface area (Å²) in [5, 5.41) is 0. The van der Waals surface area contributed by atoms with Crippen LogP contribution in [0.1, 0.15) is 20.8 Å². The van der Waals surface area contributed by atoms with Gasteiger partial charge < -0.3 is 0 Å². The SMILES string of the molecule is C[N+]1=C=C/C(C(C)(C)C)=C\N=C=C1. The van der Waals surface area contributed by atoms with Crippen LogP contribution in [0, 0.1) is 5.41 Å². The number of aliphatic imine (C=N–C) groups is 1. The number of hydrogen-bond acceptors (Lipinski definition) is 1. The van der Waals surface area contributed by atoms with Crippen molar-refractivity contribution < 1.29 is 4.58 Å². The molecular weight excluding hydrogens is 160 g/mol. The summed E-state index contributed by atoms with van der Waals surface area (Å²) in [5.74, 6) is 5.91. The van der Waals surface area contributed by atoms with Gasteiger partial charge in [-0.05, 0) is 11.0 Å². The highest BCUT2D eigenvalue weighted by molar-refractivity contribution is 5.58. The highest BCUT2D eigenvalue weighted by Gasteiger charge is 2.15. The molecule has 0 aromatic carbocycles. The predicted molar refractivity (Wildman–Crippen MR) is 55.3 cm³/mol. The Hall–Kier alpha value is -1.36. The Kier molecular flexibility index (Phi) is 2.67. The van der Waals surface area contributed by atoms with Gasteiger partial charge in [0.05, 0.1) is 11.9 Å². The van der Waals surface area contributed by atoms with E-state index < -0.39 is 0 Å². The molecule has 0 N–H and O–H groups in total. The average molecular weight is 175 g/mol. The van der Waals surface area contributed by atoms with Crippen molar-refractivity contribution in [2.45, 2.75) is 20.8 Å². The molecule has 2 nitrogen and oxygen atoms in total. The molecule has 0 spiro atoms. The maximum absolute atomic E-state index is 4.05. The number of nitrogens with zero attached hydrogens (tertiary/aromatic N) is 2. The van der Waals surface area contributed by atoms with Crippen LogP contribution in [0.5, 0.6) is 0 Å². The Bertz CT molecular complexity index is 352. The standard InChI is InChI=1S/C11H15N2/c1-11(2,3)10-5-7-13(4)8-6-12-9-10/h5,8-9H,1-4H3/q+1/b10-9+. The molecule has 1 aliphatic heterocycles. The fraction of sp³-hybridized carbons (Fsp3) is 0.455. The molecule has 0 amide bonds. The van der Waals surface area contributed by atoms with Crippen LogP contribution in [0.25, 0.3) is 0 Å². The highest BCUT2D eigenvalue weighted by atomic mass is 14.9. The largest absolute Gasteiger partial charge is 0.240 e. The van der Waals surface area contributed by atoms with E-state index in [0.29, 0.717) is 0 Å². The van der Waals surface area contributed by atoms with Gasteiger partial charge in [-0.15, -0.1) is 0 Å². The maximum atomic E-state index is 4.05. The van der Waals surface area contributed by atoms with E-state index in [9.17, 15) is 0 Å². The normalized spacial score (nSPS) is 20.3. The lowest BCUT2D eigenvalue weighted by molar-refractivity contribution is -0.411. The molecule has 1 aliphatic rings. The number of hydrogen-bond donors (Lipinski definition) is 0. The molecule has 2 heteroatoms. The summed E-state index contributed by atoms with van der Waals surface area (Å²) in [6.45, 7) is 6.45. The van der Waals surface area contributed by atoms with Crippen molar-refractivity contribution >= 4 is 11.7 Å². The first kappa shape index (κ1) is 9.73. The van der Waals surface area contributed by atoms with E-state index in [-0.39, 0.29) is 5.41 Å². The Morgan fingerprint density at radius 2 is 2.08 bits per heavy atom. The Labute approximate surface area is 79.3 Å². The summed E-state index contributed by atoms with van der Waals surface area (Å²) < 4.78 is 1.81. The van der Waals surface area contributed by atoms with Gasteiger partial charge in [0.15, 0.2) is 5.87 Å². The summed E-state index contributed by atoms with van der Waals surface area (Å²) in [4.78, 5) is 4.05. The van der Waals surface area contributed by atoms with E-state index in [1.165, 1.54) is 0 Å². The number of rotatable bonds is 0. The second-order valence-corrected chi connectivity index (χ2v) is 4.11. The molecule has 1 heterocycles. The summed E-state index contributed by atoms with van der Waals surface area (Å²) in [7, 11) is 1.91. The molecule has 68 valence electrons. The fourth-order valence-corrected chi connectivity index (χ4v) is 0.883. The van der Waals surface area contributed by atoms with Crippen LogP contribution in [-0.4, -0.2) is 23.4 Å². The number of allylic oxidation sites excluding steroid dienone is 2. The van der Waals surface area contributed by atoms with Crippen LogP contribution in [0.2, 0.25) is 0 Å². The molecule has 13 heavy (non-hydrogen) atoms. The van der Waals surface area contributed by atoms with Gasteiger partial charge in [-0.1, -0.05) is 20.8 Å². The minimum Gasteiger partial charge on any atom is -0.208 e. The van der Waals surface area contributed by atoms with Crippen molar-refractivity contribution in [3.63, 3.8) is 0 Å². The second kappa shape index (κ2) is 3.57. The first-order valence-corrected chi connectivity index (χ1v) is 4.32. The third-order valence-electron chi connectivity index (χ3n) is 1.82. The van der Waals surface area contributed by atoms with Crippen LogP contribution in [0.15, 0.2) is 29.0 Å². The van der Waals surface area contributed by atoms with Gasteiger partial charge in [0.2, 0.25) is 6.20 Å². The lowest BCUT2D eigenvalue weighted by Gasteiger charge is -2.17. The summed E-state index contributed by atoms with van der Waals surface area (Å²) >= 11 is 0. The molecule has 0 aliphatic carbocycles. The molecule has 0 aromatic heterocycles. The van der Waals surface area contributed by atoms with Crippen molar-refractivity contribution in [1.29, 1.82) is 0 Å². The van der Waals surface area contributed by atoms with Crippen LogP contribution < -0.4 is 0 Å². The molecule has 0 saturated carbocycles. The molecule has 0 bridgehead atoms. The molecule has 0 aromatic rings. The Balaban J connectivity index is 3.17. The first-order valence-electron chi connectivity index (χ1n) is 4.32. The van der Waals surface area contributed by atoms with E-state index in [2.05, 4.69) is 37.5 Å². The highest BCUT2D eigenvalue weighted by Crippen LogP contribution is 2.25. The molecule has 1 rings (SSSR count). The van der Waals surface area contributed by atoms with Crippen LogP contribution >= 0.6 is 0 Å². The fourth-order valence-electron chi connectivity index (χ4n) is 0.883. The van der Waals surface area contributed by atoms with E-state index in [1.54, 1.807) is 6.20 Å². The van der Waals surface area contributed by atoms with Gasteiger partial charge in [-0.25, -0.2) is 4.99 Å². The molecule has 0 unspecified atom stereocenters. The minimum absolute atomic E-state index is 0.107.